The zero-order valence-electron chi connectivity index (χ0n) is 5.69. The van der Waals surface area contributed by atoms with Crippen LogP contribution in [0.1, 0.15) is 0 Å². The van der Waals surface area contributed by atoms with Crippen LogP contribution in [0.15, 0.2) is 0 Å². The summed E-state index contributed by atoms with van der Waals surface area (Å²) in [5.41, 5.74) is 0. The molecule has 0 aromatic rings. The Labute approximate surface area is 91.6 Å². The van der Waals surface area contributed by atoms with E-state index in [1.54, 1.807) is 0 Å². The minimum atomic E-state index is 0. The van der Waals surface area contributed by atoms with Gasteiger partial charge in [-0.25, -0.2) is 0 Å². The Morgan fingerprint density at radius 3 is 1.88 bits per heavy atom. The maximum absolute atomic E-state index is 2.31. The first-order valence-corrected chi connectivity index (χ1v) is 3.35. The molecule has 0 N–H and O–H groups in total. The number of nitrogens with zero attached hydrogens (tertiary/aromatic N) is 1. The van der Waals surface area contributed by atoms with Gasteiger partial charge in [-0.1, -0.05) is 0 Å². The largest absolute Gasteiger partial charge is 0.461 e. The van der Waals surface area contributed by atoms with Gasteiger partial charge < -0.3 is 12.3 Å². The second kappa shape index (κ2) is 11.6. The first-order valence-electron chi connectivity index (χ1n) is 1.83. The molecule has 0 rings (SSSR count). The van der Waals surface area contributed by atoms with E-state index in [0.29, 0.717) is 0 Å². The first-order chi connectivity index (χ1) is 2.77. The van der Waals surface area contributed by atoms with Gasteiger partial charge in [-0.3, -0.25) is 6.54 Å². The van der Waals surface area contributed by atoms with Crippen LogP contribution >= 0.6 is 22.6 Å². The van der Waals surface area contributed by atoms with Crippen LogP contribution in [0.4, 0.5) is 0 Å². The van der Waals surface area contributed by atoms with Crippen molar-refractivity contribution >= 4 is 22.6 Å². The topological polar surface area (TPSA) is 3.24 Å². The van der Waals surface area contributed by atoms with E-state index in [-0.39, 0.29) is 40.1 Å². The molecule has 0 unspecified atom stereocenters. The Morgan fingerprint density at radius 1 is 1.50 bits per heavy atom. The molecule has 0 aliphatic rings. The van der Waals surface area contributed by atoms with Gasteiger partial charge in [0.25, 0.3) is 0 Å². The fourth-order valence-electron chi connectivity index (χ4n) is 0.138. The number of halogens is 1. The van der Waals surface area contributed by atoms with E-state index in [9.17, 15) is 0 Å². The molecule has 0 amide bonds. The first kappa shape index (κ1) is 16.4. The summed E-state index contributed by atoms with van der Waals surface area (Å²) in [5.74, 6) is 0. The third kappa shape index (κ3) is 15.7. The third-order valence-electron chi connectivity index (χ3n) is 0.434. The average Bonchev–Trinajstić information content (AvgIpc) is 1.35. The van der Waals surface area contributed by atoms with Crippen molar-refractivity contribution in [3.63, 3.8) is 0 Å². The predicted octanol–water partition coefficient (Wildman–Crippen LogP) is 1.59. The van der Waals surface area contributed by atoms with Gasteiger partial charge in [0, 0.05) is 32.7 Å². The van der Waals surface area contributed by atoms with Crippen LogP contribution in [-0.2, 0) is 32.7 Å². The number of rotatable bonds is 2. The van der Waals surface area contributed by atoms with E-state index in [2.05, 4.69) is 29.1 Å². The van der Waals surface area contributed by atoms with E-state index in [4.69, 9.17) is 0 Å². The van der Waals surface area contributed by atoms with Crippen LogP contribution in [0.2, 0.25) is 0 Å². The monoisotopic (exact) mass is 302 g/mol. The molecular formula is C5H12INY-2. The van der Waals surface area contributed by atoms with Gasteiger partial charge in [0.1, 0.15) is 0 Å². The summed E-state index contributed by atoms with van der Waals surface area (Å²) in [6.45, 7) is 2.11. The van der Waals surface area contributed by atoms with Crippen LogP contribution in [0.25, 0.3) is 0 Å². The summed E-state index contributed by atoms with van der Waals surface area (Å²) < 4.78 is 1.10. The zero-order chi connectivity index (χ0) is 4.99. The van der Waals surface area contributed by atoms with E-state index in [0.717, 1.165) is 4.43 Å². The molecule has 0 aliphatic heterocycles. The minimum absolute atomic E-state index is 0. The van der Waals surface area contributed by atoms with Crippen molar-refractivity contribution in [2.75, 3.05) is 18.5 Å². The van der Waals surface area contributed by atoms with Gasteiger partial charge in [0.2, 0.25) is 0 Å². The van der Waals surface area contributed by atoms with Crippen molar-refractivity contribution in [2.45, 2.75) is 0 Å². The predicted molar refractivity (Wildman–Crippen MR) is 43.3 cm³/mol. The molecule has 1 nitrogen and oxygen atoms in total. The summed E-state index contributed by atoms with van der Waals surface area (Å²) in [6, 6.07) is 0. The van der Waals surface area contributed by atoms with E-state index < -0.39 is 0 Å². The van der Waals surface area contributed by atoms with Gasteiger partial charge in [-0.2, -0.15) is 0 Å². The molecule has 0 atom stereocenters. The van der Waals surface area contributed by atoms with Crippen molar-refractivity contribution in [1.82, 2.24) is 4.90 Å². The molecule has 1 radical (unpaired) electrons. The standard InChI is InChI=1S/C4H9IN.CH3.Y/c1-6(2)4-3-5;;/h4H,3H2,1-2H3;1H3;/q2*-1;. The van der Waals surface area contributed by atoms with Crippen LogP contribution in [-0.4, -0.2) is 23.4 Å². The Morgan fingerprint density at radius 2 is 1.88 bits per heavy atom. The van der Waals surface area contributed by atoms with Crippen molar-refractivity contribution in [3.05, 3.63) is 14.0 Å². The normalized spacial score (nSPS) is 7.50. The molecule has 0 bridgehead atoms. The van der Waals surface area contributed by atoms with Gasteiger partial charge in [0.05, 0.1) is 0 Å². The van der Waals surface area contributed by atoms with Crippen molar-refractivity contribution in [1.29, 1.82) is 0 Å². The molecule has 0 aromatic heterocycles. The van der Waals surface area contributed by atoms with E-state index in [1.165, 1.54) is 0 Å². The average molecular weight is 302 g/mol. The SMILES string of the molecule is CN(C)[CH-]CI.[CH3-].[Y]. The zero-order valence-corrected chi connectivity index (χ0v) is 10.7. The molecule has 0 saturated heterocycles. The van der Waals surface area contributed by atoms with Crippen LogP contribution in [0.5, 0.6) is 0 Å². The Kier molecular flexibility index (Phi) is 23.7. The summed E-state index contributed by atoms with van der Waals surface area (Å²) >= 11 is 2.31. The Hall–Kier alpha value is 1.79. The number of alkyl halides is 1. The van der Waals surface area contributed by atoms with Crippen LogP contribution in [0.3, 0.4) is 0 Å². The van der Waals surface area contributed by atoms with E-state index >= 15 is 0 Å². The summed E-state index contributed by atoms with van der Waals surface area (Å²) in [4.78, 5) is 2.05. The molecule has 0 aromatic carbocycles. The number of hydrogen-bond donors (Lipinski definition) is 0. The molecule has 0 aliphatic carbocycles. The smallest absolute Gasteiger partial charge is 0 e. The Balaban J connectivity index is -0.000000125. The van der Waals surface area contributed by atoms with E-state index in [1.807, 2.05) is 19.0 Å². The molecule has 0 fully saturated rings. The third-order valence-corrected chi connectivity index (χ3v) is 0.828. The molecule has 0 heterocycles. The van der Waals surface area contributed by atoms with Crippen molar-refractivity contribution in [3.8, 4) is 0 Å². The summed E-state index contributed by atoms with van der Waals surface area (Å²) in [7, 11) is 4.05. The van der Waals surface area contributed by atoms with Gasteiger partial charge in [-0.05, 0) is 14.1 Å². The molecular weight excluding hydrogens is 290 g/mol. The maximum Gasteiger partial charge on any atom is 0 e. The van der Waals surface area contributed by atoms with Crippen molar-refractivity contribution < 1.29 is 32.7 Å². The maximum atomic E-state index is 2.31. The Bertz CT molecular complexity index is 33.6. The molecule has 0 spiro atoms. The summed E-state index contributed by atoms with van der Waals surface area (Å²) in [6.07, 6.45) is 0. The molecule has 3 heteroatoms. The molecule has 49 valence electrons. The van der Waals surface area contributed by atoms with Crippen LogP contribution < -0.4 is 0 Å². The fraction of sp³-hybridized carbons (Fsp3) is 0.600. The molecule has 8 heavy (non-hydrogen) atoms. The fourth-order valence-corrected chi connectivity index (χ4v) is 0.926. The quantitative estimate of drug-likeness (QED) is 0.425. The molecule has 0 saturated carbocycles. The van der Waals surface area contributed by atoms with Crippen molar-refractivity contribution in [2.24, 2.45) is 0 Å². The van der Waals surface area contributed by atoms with Gasteiger partial charge in [-0.15, -0.1) is 27.0 Å². The minimum Gasteiger partial charge on any atom is -0.461 e. The van der Waals surface area contributed by atoms with Crippen LogP contribution in [0, 0.1) is 14.0 Å². The second-order valence-corrected chi connectivity index (χ2v) is 2.18. The number of hydrogen-bond acceptors (Lipinski definition) is 1. The van der Waals surface area contributed by atoms with Gasteiger partial charge >= 0.3 is 0 Å². The van der Waals surface area contributed by atoms with Gasteiger partial charge in [0.15, 0.2) is 0 Å². The summed E-state index contributed by atoms with van der Waals surface area (Å²) in [5, 5.41) is 0. The second-order valence-electron chi connectivity index (χ2n) is 1.30.